The maximum absolute atomic E-state index is 13.2. The minimum atomic E-state index is -1.86. The molecule has 3 heterocycles. The Morgan fingerprint density at radius 2 is 2.03 bits per heavy atom. The lowest BCUT2D eigenvalue weighted by molar-refractivity contribution is -0.193. The van der Waals surface area contributed by atoms with Crippen LogP contribution in [0.1, 0.15) is 11.8 Å². The monoisotopic (exact) mass is 556 g/mol. The third kappa shape index (κ3) is 5.77. The highest BCUT2D eigenvalue weighted by atomic mass is 35.6. The van der Waals surface area contributed by atoms with Crippen molar-refractivity contribution in [2.24, 2.45) is 0 Å². The van der Waals surface area contributed by atoms with Crippen LogP contribution < -0.4 is 5.32 Å². The van der Waals surface area contributed by atoms with Gasteiger partial charge in [-0.15, -0.1) is 23.1 Å². The van der Waals surface area contributed by atoms with E-state index in [1.807, 2.05) is 11.4 Å². The Hall–Kier alpha value is -1.50. The van der Waals surface area contributed by atoms with E-state index >= 15 is 0 Å². The maximum Gasteiger partial charge on any atom is 0.355 e. The van der Waals surface area contributed by atoms with E-state index in [0.29, 0.717) is 5.57 Å². The number of alkyl halides is 3. The number of carbonyl (C=O) groups is 4. The standard InChI is InChI=1S/C19H19Cl3N2O7S2/c1-10(25)30-7-11-8-33-17-19(29-2,23-13(26)6-12-4-3-5-32-12)16(28)24(17)14(11)15(27)31-9-18(20,21)22/h3-5,17H,6-9H2,1-2H3,(H,23,26)/t17-,19-/m1/s1. The molecule has 0 bridgehead atoms. The lowest BCUT2D eigenvalue weighted by Crippen LogP contribution is -2.80. The van der Waals surface area contributed by atoms with Crippen LogP contribution in [0.5, 0.6) is 0 Å². The van der Waals surface area contributed by atoms with Gasteiger partial charge in [0.05, 0.1) is 6.42 Å². The van der Waals surface area contributed by atoms with Crippen molar-refractivity contribution in [3.63, 3.8) is 0 Å². The number of methoxy groups -OCH3 is 1. The van der Waals surface area contributed by atoms with E-state index in [1.165, 1.54) is 37.1 Å². The molecule has 0 aliphatic carbocycles. The summed E-state index contributed by atoms with van der Waals surface area (Å²) >= 11 is 19.6. The highest BCUT2D eigenvalue weighted by Gasteiger charge is 2.66. The minimum Gasteiger partial charge on any atom is -0.461 e. The molecule has 0 radical (unpaired) electrons. The van der Waals surface area contributed by atoms with E-state index in [1.54, 1.807) is 6.07 Å². The van der Waals surface area contributed by atoms with Crippen LogP contribution in [0.4, 0.5) is 0 Å². The second-order valence-electron chi connectivity index (χ2n) is 7.01. The zero-order valence-corrected chi connectivity index (χ0v) is 21.3. The number of thiophene rings is 1. The second kappa shape index (κ2) is 10.4. The molecule has 1 fully saturated rings. The summed E-state index contributed by atoms with van der Waals surface area (Å²) in [6.07, 6.45) is 0.0686. The number of carbonyl (C=O) groups excluding carboxylic acids is 4. The summed E-state index contributed by atoms with van der Waals surface area (Å²) in [5, 5.41) is 3.73. The molecule has 1 saturated heterocycles. The fourth-order valence-electron chi connectivity index (χ4n) is 3.27. The number of β-lactam (4-membered cyclic amide) rings is 1. The van der Waals surface area contributed by atoms with E-state index in [0.717, 1.165) is 9.78 Å². The number of hydrogen-bond acceptors (Lipinski definition) is 9. The summed E-state index contributed by atoms with van der Waals surface area (Å²) in [5.74, 6) is -2.39. The number of halogens is 3. The number of ether oxygens (including phenoxy) is 3. The topological polar surface area (TPSA) is 111 Å². The number of rotatable bonds is 8. The van der Waals surface area contributed by atoms with Crippen LogP contribution in [0.3, 0.4) is 0 Å². The summed E-state index contributed by atoms with van der Waals surface area (Å²) in [6.45, 7) is 0.420. The average molecular weight is 558 g/mol. The smallest absolute Gasteiger partial charge is 0.355 e. The van der Waals surface area contributed by atoms with Crippen molar-refractivity contribution in [2.45, 2.75) is 28.2 Å². The predicted octanol–water partition coefficient (Wildman–Crippen LogP) is 2.40. The number of nitrogens with one attached hydrogen (secondary N) is 1. The second-order valence-corrected chi connectivity index (χ2v) is 11.6. The van der Waals surface area contributed by atoms with Gasteiger partial charge in [0.1, 0.15) is 24.3 Å². The molecule has 1 N–H and O–H groups in total. The number of thioether (sulfide) groups is 1. The molecule has 3 rings (SSSR count). The van der Waals surface area contributed by atoms with Gasteiger partial charge in [0, 0.05) is 30.2 Å². The molecule has 9 nitrogen and oxygen atoms in total. The van der Waals surface area contributed by atoms with Gasteiger partial charge in [0.25, 0.3) is 11.6 Å². The van der Waals surface area contributed by atoms with E-state index < -0.39 is 45.3 Å². The number of nitrogens with zero attached hydrogens (tertiary/aromatic N) is 1. The summed E-state index contributed by atoms with van der Waals surface area (Å²) in [5.41, 5.74) is -1.48. The fourth-order valence-corrected chi connectivity index (χ4v) is 5.56. The molecule has 180 valence electrons. The van der Waals surface area contributed by atoms with Crippen LogP contribution in [-0.4, -0.2) is 69.6 Å². The maximum atomic E-state index is 13.2. The summed E-state index contributed by atoms with van der Waals surface area (Å²) in [7, 11) is 1.29. The molecule has 0 aromatic carbocycles. The number of amides is 2. The number of esters is 2. The van der Waals surface area contributed by atoms with Gasteiger partial charge in [-0.1, -0.05) is 40.9 Å². The van der Waals surface area contributed by atoms with Crippen molar-refractivity contribution in [1.29, 1.82) is 0 Å². The first-order valence-electron chi connectivity index (χ1n) is 9.41. The van der Waals surface area contributed by atoms with E-state index in [9.17, 15) is 19.2 Å². The van der Waals surface area contributed by atoms with E-state index in [2.05, 4.69) is 5.32 Å². The zero-order chi connectivity index (χ0) is 24.4. The number of fused-ring (bicyclic) bond motifs is 1. The van der Waals surface area contributed by atoms with Crippen molar-refractivity contribution in [1.82, 2.24) is 10.2 Å². The van der Waals surface area contributed by atoms with Crippen LogP contribution in [0.15, 0.2) is 28.8 Å². The largest absolute Gasteiger partial charge is 0.461 e. The first-order valence-corrected chi connectivity index (χ1v) is 12.5. The normalized spacial score (nSPS) is 22.4. The van der Waals surface area contributed by atoms with E-state index in [4.69, 9.17) is 49.0 Å². The molecule has 1 aromatic heterocycles. The van der Waals surface area contributed by atoms with Crippen LogP contribution in [0.2, 0.25) is 0 Å². The van der Waals surface area contributed by atoms with Crippen molar-refractivity contribution < 1.29 is 33.4 Å². The van der Waals surface area contributed by atoms with Gasteiger partial charge < -0.3 is 19.5 Å². The SMILES string of the molecule is CO[C@]1(NC(=O)Cc2cccs2)C(=O)N2C(C(=O)OCC(Cl)(Cl)Cl)=C(COC(C)=O)CS[C@@H]21. The summed E-state index contributed by atoms with van der Waals surface area (Å²) in [6, 6.07) is 3.62. The first-order chi connectivity index (χ1) is 15.5. The average Bonchev–Trinajstić information content (AvgIpc) is 3.25. The molecule has 2 atom stereocenters. The van der Waals surface area contributed by atoms with Crippen LogP contribution in [0.25, 0.3) is 0 Å². The highest BCUT2D eigenvalue weighted by Crippen LogP contribution is 2.47. The summed E-state index contributed by atoms with van der Waals surface area (Å²) in [4.78, 5) is 51.9. The van der Waals surface area contributed by atoms with Gasteiger partial charge in [0.2, 0.25) is 9.70 Å². The Morgan fingerprint density at radius 3 is 2.61 bits per heavy atom. The van der Waals surface area contributed by atoms with Gasteiger partial charge in [0.15, 0.2) is 0 Å². The lowest BCUT2D eigenvalue weighted by atomic mass is 9.98. The molecule has 2 aliphatic rings. The van der Waals surface area contributed by atoms with Crippen molar-refractivity contribution in [3.8, 4) is 0 Å². The van der Waals surface area contributed by atoms with Crippen LogP contribution in [0, 0.1) is 0 Å². The van der Waals surface area contributed by atoms with Crippen molar-refractivity contribution in [3.05, 3.63) is 33.7 Å². The fraction of sp³-hybridized carbons (Fsp3) is 0.474. The third-order valence-electron chi connectivity index (χ3n) is 4.68. The van der Waals surface area contributed by atoms with Crippen LogP contribution in [-0.2, 0) is 39.8 Å². The van der Waals surface area contributed by atoms with E-state index in [-0.39, 0.29) is 24.5 Å². The molecule has 14 heteroatoms. The summed E-state index contributed by atoms with van der Waals surface area (Å²) < 4.78 is 13.7. The Bertz CT molecular complexity index is 981. The van der Waals surface area contributed by atoms with Crippen LogP contribution >= 0.6 is 57.9 Å². The van der Waals surface area contributed by atoms with Gasteiger partial charge >= 0.3 is 11.9 Å². The van der Waals surface area contributed by atoms with Gasteiger partial charge in [-0.05, 0) is 11.4 Å². The molecule has 2 amide bonds. The molecular weight excluding hydrogens is 539 g/mol. The highest BCUT2D eigenvalue weighted by molar-refractivity contribution is 8.00. The molecule has 0 unspecified atom stereocenters. The van der Waals surface area contributed by atoms with Gasteiger partial charge in [-0.2, -0.15) is 0 Å². The Labute approximate surface area is 212 Å². The minimum absolute atomic E-state index is 0.0686. The Balaban J connectivity index is 1.84. The molecule has 33 heavy (non-hydrogen) atoms. The Morgan fingerprint density at radius 1 is 1.30 bits per heavy atom. The van der Waals surface area contributed by atoms with Crippen molar-refractivity contribution in [2.75, 3.05) is 26.1 Å². The lowest BCUT2D eigenvalue weighted by Gasteiger charge is -2.55. The number of hydrogen-bond donors (Lipinski definition) is 1. The van der Waals surface area contributed by atoms with Gasteiger partial charge in [-0.3, -0.25) is 19.3 Å². The third-order valence-corrected chi connectivity index (χ3v) is 7.26. The van der Waals surface area contributed by atoms with Gasteiger partial charge in [-0.25, -0.2) is 4.79 Å². The zero-order valence-electron chi connectivity index (χ0n) is 17.4. The molecule has 0 spiro atoms. The molecular formula is C19H19Cl3N2O7S2. The first kappa shape index (κ1) is 26.1. The molecule has 1 aromatic rings. The quantitative estimate of drug-likeness (QED) is 0.225. The molecule has 2 aliphatic heterocycles. The Kier molecular flexibility index (Phi) is 8.24. The molecule has 0 saturated carbocycles. The van der Waals surface area contributed by atoms with Crippen molar-refractivity contribution >= 4 is 81.7 Å². The predicted molar refractivity (Wildman–Crippen MR) is 124 cm³/mol.